The summed E-state index contributed by atoms with van der Waals surface area (Å²) < 4.78 is 5.79. The highest BCUT2D eigenvalue weighted by Crippen LogP contribution is 2.30. The maximum atomic E-state index is 12.0. The van der Waals surface area contributed by atoms with Gasteiger partial charge in [0.1, 0.15) is 6.26 Å². The van der Waals surface area contributed by atoms with Gasteiger partial charge in [-0.1, -0.05) is 40.2 Å². The number of carbonyl (C=O) groups is 1. The molecule has 0 bridgehead atoms. The molecule has 0 radical (unpaired) electrons. The van der Waals surface area contributed by atoms with Crippen molar-refractivity contribution in [3.63, 3.8) is 0 Å². The van der Waals surface area contributed by atoms with Gasteiger partial charge in [0.25, 0.3) is 5.91 Å². The summed E-state index contributed by atoms with van der Waals surface area (Å²) in [5.74, 6) is -0.291. The number of fused-ring (bicyclic) bond motifs is 1. The van der Waals surface area contributed by atoms with Crippen LogP contribution < -0.4 is 5.32 Å². The number of carbonyl (C=O) groups excluding carboxylic acids is 1. The fourth-order valence-electron chi connectivity index (χ4n) is 1.88. The van der Waals surface area contributed by atoms with Gasteiger partial charge < -0.3 is 9.73 Å². The number of halogens is 1. The number of rotatable bonds is 2. The molecule has 0 aliphatic rings. The van der Waals surface area contributed by atoms with Gasteiger partial charge in [-0.25, -0.2) is 4.98 Å². The number of nitrogens with zero attached hydrogens (tertiary/aromatic N) is 1. The summed E-state index contributed by atoms with van der Waals surface area (Å²) in [4.78, 5) is 15.8. The van der Waals surface area contributed by atoms with Gasteiger partial charge in [-0.05, 0) is 17.5 Å². The molecule has 3 rings (SSSR count). The molecule has 19 heavy (non-hydrogen) atoms. The lowest BCUT2D eigenvalue weighted by atomic mass is 10.1. The van der Waals surface area contributed by atoms with Crippen LogP contribution in [0.2, 0.25) is 0 Å². The first-order valence-corrected chi connectivity index (χ1v) is 6.42. The van der Waals surface area contributed by atoms with Crippen molar-refractivity contribution in [2.75, 3.05) is 5.32 Å². The van der Waals surface area contributed by atoms with Crippen molar-refractivity contribution in [3.8, 4) is 0 Å². The molecule has 0 saturated heterocycles. The van der Waals surface area contributed by atoms with Crippen LogP contribution in [0.1, 0.15) is 10.5 Å². The van der Waals surface area contributed by atoms with Crippen molar-refractivity contribution in [1.29, 1.82) is 0 Å². The lowest BCUT2D eigenvalue weighted by Gasteiger charge is -2.08. The molecule has 5 heteroatoms. The molecular formula is C14H9BrN2O2. The van der Waals surface area contributed by atoms with Crippen LogP contribution in [0.3, 0.4) is 0 Å². The highest BCUT2D eigenvalue weighted by atomic mass is 79.9. The summed E-state index contributed by atoms with van der Waals surface area (Å²) in [6, 6.07) is 11.6. The van der Waals surface area contributed by atoms with Gasteiger partial charge in [-0.3, -0.25) is 4.79 Å². The second kappa shape index (κ2) is 4.85. The van der Waals surface area contributed by atoms with E-state index < -0.39 is 0 Å². The van der Waals surface area contributed by atoms with Crippen molar-refractivity contribution >= 4 is 38.3 Å². The van der Waals surface area contributed by atoms with Gasteiger partial charge in [0, 0.05) is 15.5 Å². The van der Waals surface area contributed by atoms with Crippen LogP contribution >= 0.6 is 15.9 Å². The molecule has 3 aromatic rings. The summed E-state index contributed by atoms with van der Waals surface area (Å²) in [5.41, 5.74) is 0.999. The minimum absolute atomic E-state index is 0.256. The Kier molecular flexibility index (Phi) is 3.05. The van der Waals surface area contributed by atoms with Gasteiger partial charge in [0.05, 0.1) is 0 Å². The third-order valence-corrected chi connectivity index (χ3v) is 3.48. The molecule has 0 aliphatic carbocycles. The zero-order valence-corrected chi connectivity index (χ0v) is 11.3. The largest absolute Gasteiger partial charge is 0.451 e. The maximum absolute atomic E-state index is 12.0. The van der Waals surface area contributed by atoms with Gasteiger partial charge >= 0.3 is 0 Å². The molecule has 0 unspecified atom stereocenters. The summed E-state index contributed by atoms with van der Waals surface area (Å²) in [7, 11) is 0. The Bertz CT molecular complexity index is 738. The lowest BCUT2D eigenvalue weighted by molar-refractivity contribution is 0.102. The topological polar surface area (TPSA) is 55.1 Å². The second-order valence-electron chi connectivity index (χ2n) is 3.97. The van der Waals surface area contributed by atoms with Crippen LogP contribution in [0.4, 0.5) is 5.69 Å². The average Bonchev–Trinajstić information content (AvgIpc) is 2.96. The van der Waals surface area contributed by atoms with Crippen LogP contribution in [-0.4, -0.2) is 10.9 Å². The molecular weight excluding hydrogens is 308 g/mol. The molecule has 1 N–H and O–H groups in total. The molecule has 0 aliphatic heterocycles. The van der Waals surface area contributed by atoms with Crippen molar-refractivity contribution < 1.29 is 9.21 Å². The molecule has 1 aromatic heterocycles. The third-order valence-electron chi connectivity index (χ3n) is 2.78. The Morgan fingerprint density at radius 1 is 1.16 bits per heavy atom. The minimum Gasteiger partial charge on any atom is -0.451 e. The molecule has 0 spiro atoms. The van der Waals surface area contributed by atoms with E-state index in [0.29, 0.717) is 0 Å². The van der Waals surface area contributed by atoms with E-state index in [0.717, 1.165) is 20.9 Å². The van der Waals surface area contributed by atoms with Crippen LogP contribution in [0.5, 0.6) is 0 Å². The molecule has 2 aromatic carbocycles. The van der Waals surface area contributed by atoms with Crippen molar-refractivity contribution in [2.24, 2.45) is 0 Å². The lowest BCUT2D eigenvalue weighted by Crippen LogP contribution is -2.12. The Labute approximate surface area is 117 Å². The smallest absolute Gasteiger partial charge is 0.277 e. The van der Waals surface area contributed by atoms with E-state index in [1.165, 1.54) is 12.7 Å². The number of hydrogen-bond acceptors (Lipinski definition) is 3. The van der Waals surface area contributed by atoms with E-state index in [1.54, 1.807) is 0 Å². The highest BCUT2D eigenvalue weighted by Gasteiger charge is 2.11. The Balaban J connectivity index is 2.02. The summed E-state index contributed by atoms with van der Waals surface area (Å²) >= 11 is 3.50. The van der Waals surface area contributed by atoms with E-state index in [-0.39, 0.29) is 11.6 Å². The normalized spacial score (nSPS) is 10.6. The molecule has 0 fully saturated rings. The van der Waals surface area contributed by atoms with Gasteiger partial charge in [0.15, 0.2) is 12.1 Å². The zero-order chi connectivity index (χ0) is 13.2. The standard InChI is InChI=1S/C14H9BrN2O2/c15-11-5-6-12(10-4-2-1-3-9(10)11)17-14(18)13-7-19-8-16-13/h1-8H,(H,17,18). The Hall–Kier alpha value is -2.14. The predicted octanol–water partition coefficient (Wildman–Crippen LogP) is 3.84. The van der Waals surface area contributed by atoms with Gasteiger partial charge in [-0.2, -0.15) is 0 Å². The number of hydrogen-bond donors (Lipinski definition) is 1. The fraction of sp³-hybridized carbons (Fsp3) is 0. The van der Waals surface area contributed by atoms with Crippen LogP contribution in [0.15, 0.2) is 57.9 Å². The molecule has 4 nitrogen and oxygen atoms in total. The zero-order valence-electron chi connectivity index (χ0n) is 9.76. The first-order valence-electron chi connectivity index (χ1n) is 5.62. The van der Waals surface area contributed by atoms with Crippen LogP contribution in [-0.2, 0) is 0 Å². The number of amides is 1. The Morgan fingerprint density at radius 2 is 1.95 bits per heavy atom. The molecule has 0 atom stereocenters. The monoisotopic (exact) mass is 316 g/mol. The van der Waals surface area contributed by atoms with Crippen LogP contribution in [0.25, 0.3) is 10.8 Å². The molecule has 0 saturated carbocycles. The van der Waals surface area contributed by atoms with E-state index in [9.17, 15) is 4.79 Å². The summed E-state index contributed by atoms with van der Waals surface area (Å²) in [6.07, 6.45) is 2.55. The SMILES string of the molecule is O=C(Nc1ccc(Br)c2ccccc12)c1cocn1. The van der Waals surface area contributed by atoms with E-state index in [1.807, 2.05) is 36.4 Å². The van der Waals surface area contributed by atoms with Crippen molar-refractivity contribution in [3.05, 3.63) is 59.2 Å². The summed E-state index contributed by atoms with van der Waals surface area (Å²) in [6.45, 7) is 0. The number of benzene rings is 2. The van der Waals surface area contributed by atoms with E-state index >= 15 is 0 Å². The first-order chi connectivity index (χ1) is 9.25. The fourth-order valence-corrected chi connectivity index (χ4v) is 2.36. The minimum atomic E-state index is -0.291. The molecule has 94 valence electrons. The van der Waals surface area contributed by atoms with E-state index in [4.69, 9.17) is 4.42 Å². The second-order valence-corrected chi connectivity index (χ2v) is 4.82. The molecule has 1 amide bonds. The molecule has 1 heterocycles. The Morgan fingerprint density at radius 3 is 2.68 bits per heavy atom. The number of nitrogens with one attached hydrogen (secondary N) is 1. The maximum Gasteiger partial charge on any atom is 0.277 e. The van der Waals surface area contributed by atoms with Gasteiger partial charge in [0.2, 0.25) is 0 Å². The first kappa shape index (κ1) is 11.9. The highest BCUT2D eigenvalue weighted by molar-refractivity contribution is 9.10. The number of anilines is 1. The van der Waals surface area contributed by atoms with E-state index in [2.05, 4.69) is 26.2 Å². The number of aromatic nitrogens is 1. The third kappa shape index (κ3) is 2.24. The number of oxazole rings is 1. The summed E-state index contributed by atoms with van der Waals surface area (Å²) in [5, 5.41) is 4.84. The average molecular weight is 317 g/mol. The quantitative estimate of drug-likeness (QED) is 0.781. The van der Waals surface area contributed by atoms with Gasteiger partial charge in [-0.15, -0.1) is 0 Å². The van der Waals surface area contributed by atoms with Crippen LogP contribution in [0, 0.1) is 0 Å². The van der Waals surface area contributed by atoms with Crippen molar-refractivity contribution in [1.82, 2.24) is 4.98 Å². The predicted molar refractivity (Wildman–Crippen MR) is 76.1 cm³/mol. The van der Waals surface area contributed by atoms with Crippen molar-refractivity contribution in [2.45, 2.75) is 0 Å².